The molecule has 0 aliphatic heterocycles. The van der Waals surface area contributed by atoms with Crippen molar-refractivity contribution in [3.05, 3.63) is 60.2 Å². The number of likely N-dealkylation sites (N-methyl/N-ethyl adjacent to an activating group) is 1. The molecule has 2 aromatic heterocycles. The monoisotopic (exact) mass is 382 g/mol. The average molecular weight is 382 g/mol. The Morgan fingerprint density at radius 3 is 2.64 bits per heavy atom. The van der Waals surface area contributed by atoms with Crippen LogP contribution in [0.5, 0.6) is 0 Å². The van der Waals surface area contributed by atoms with E-state index in [-0.39, 0.29) is 17.9 Å². The zero-order valence-electron chi connectivity index (χ0n) is 16.4. The van der Waals surface area contributed by atoms with Crippen molar-refractivity contribution >= 4 is 22.7 Å². The molecular weight excluding hydrogens is 356 g/mol. The lowest BCUT2D eigenvalue weighted by molar-refractivity contribution is -0.128. The van der Waals surface area contributed by atoms with E-state index in [9.17, 15) is 9.59 Å². The molecule has 2 amide bonds. The van der Waals surface area contributed by atoms with Crippen molar-refractivity contribution in [3.8, 4) is 0 Å². The van der Waals surface area contributed by atoms with Crippen LogP contribution in [0.4, 0.5) is 0 Å². The normalized spacial score (nSPS) is 13.4. The van der Waals surface area contributed by atoms with Crippen LogP contribution in [0.2, 0.25) is 0 Å². The van der Waals surface area contributed by atoms with Crippen LogP contribution >= 0.6 is 0 Å². The molecule has 0 aliphatic rings. The summed E-state index contributed by atoms with van der Waals surface area (Å²) in [4.78, 5) is 29.7. The van der Waals surface area contributed by atoms with Crippen molar-refractivity contribution in [3.63, 3.8) is 0 Å². The van der Waals surface area contributed by atoms with Gasteiger partial charge >= 0.3 is 0 Å². The lowest BCUT2D eigenvalue weighted by atomic mass is 10.0. The number of para-hydroxylation sites is 1. The number of fused-ring (bicyclic) bond motifs is 1. The molecule has 148 valence electrons. The predicted molar refractivity (Wildman–Crippen MR) is 108 cm³/mol. The van der Waals surface area contributed by atoms with Gasteiger partial charge in [-0.15, -0.1) is 0 Å². The molecule has 2 heterocycles. The Balaban J connectivity index is 1.72. The van der Waals surface area contributed by atoms with Gasteiger partial charge in [-0.25, -0.2) is 0 Å². The van der Waals surface area contributed by atoms with Crippen LogP contribution < -0.4 is 10.6 Å². The number of nitrogens with one attached hydrogen (secondary N) is 3. The number of furan rings is 1. The lowest BCUT2D eigenvalue weighted by Crippen LogP contribution is -2.48. The number of hydrogen-bond donors (Lipinski definition) is 3. The number of nitrogens with zero attached hydrogens (tertiary/aromatic N) is 1. The number of hydrogen-bond acceptors (Lipinski definition) is 4. The van der Waals surface area contributed by atoms with Crippen LogP contribution in [-0.2, 0) is 16.0 Å². The van der Waals surface area contributed by atoms with Crippen molar-refractivity contribution in [1.29, 1.82) is 0 Å². The number of benzene rings is 1. The van der Waals surface area contributed by atoms with E-state index in [0.717, 1.165) is 22.2 Å². The fraction of sp³-hybridized carbons (Fsp3) is 0.333. The number of carbonyl (C=O) groups excluding carboxylic acids is 2. The minimum Gasteiger partial charge on any atom is -0.468 e. The van der Waals surface area contributed by atoms with Gasteiger partial charge in [-0.05, 0) is 37.9 Å². The smallest absolute Gasteiger partial charge is 0.242 e. The standard InChI is InChI=1S/C21H26N4O3/c1-14(26)24-18(11-15-12-22-17-8-5-4-7-16(15)17)21(27)23-13-19(25(2)3)20-9-6-10-28-20/h4-10,12,18-19,22H,11,13H2,1-3H3,(H,23,27)(H,24,26). The maximum Gasteiger partial charge on any atom is 0.242 e. The molecule has 3 N–H and O–H groups in total. The summed E-state index contributed by atoms with van der Waals surface area (Å²) in [6.07, 6.45) is 3.91. The van der Waals surface area contributed by atoms with Crippen molar-refractivity contribution < 1.29 is 14.0 Å². The van der Waals surface area contributed by atoms with E-state index in [4.69, 9.17) is 4.42 Å². The van der Waals surface area contributed by atoms with Crippen molar-refractivity contribution in [2.45, 2.75) is 25.4 Å². The number of H-pyrrole nitrogens is 1. The van der Waals surface area contributed by atoms with Crippen LogP contribution in [0.15, 0.2) is 53.3 Å². The number of carbonyl (C=O) groups is 2. The quantitative estimate of drug-likeness (QED) is 0.557. The van der Waals surface area contributed by atoms with Gasteiger partial charge in [-0.2, -0.15) is 0 Å². The highest BCUT2D eigenvalue weighted by atomic mass is 16.3. The third kappa shape index (κ3) is 4.61. The van der Waals surface area contributed by atoms with E-state index >= 15 is 0 Å². The van der Waals surface area contributed by atoms with Gasteiger partial charge in [-0.1, -0.05) is 18.2 Å². The number of aromatic amines is 1. The summed E-state index contributed by atoms with van der Waals surface area (Å²) in [5.41, 5.74) is 1.99. The van der Waals surface area contributed by atoms with Crippen LogP contribution in [0.1, 0.15) is 24.3 Å². The topological polar surface area (TPSA) is 90.4 Å². The largest absolute Gasteiger partial charge is 0.468 e. The number of rotatable bonds is 8. The molecule has 0 saturated carbocycles. The molecule has 2 atom stereocenters. The summed E-state index contributed by atoms with van der Waals surface area (Å²) in [5, 5.41) is 6.77. The van der Waals surface area contributed by atoms with Gasteiger partial charge in [0.2, 0.25) is 11.8 Å². The zero-order valence-corrected chi connectivity index (χ0v) is 16.4. The maximum atomic E-state index is 12.9. The highest BCUT2D eigenvalue weighted by Crippen LogP contribution is 2.20. The second kappa shape index (κ2) is 8.75. The van der Waals surface area contributed by atoms with Crippen molar-refractivity contribution in [2.75, 3.05) is 20.6 Å². The molecule has 0 bridgehead atoms. The van der Waals surface area contributed by atoms with E-state index < -0.39 is 6.04 Å². The van der Waals surface area contributed by atoms with E-state index in [1.807, 2.05) is 61.6 Å². The third-order valence-corrected chi connectivity index (χ3v) is 4.76. The van der Waals surface area contributed by atoms with Gasteiger partial charge in [0.15, 0.2) is 0 Å². The van der Waals surface area contributed by atoms with Gasteiger partial charge in [-0.3, -0.25) is 14.5 Å². The van der Waals surface area contributed by atoms with Crippen molar-refractivity contribution in [1.82, 2.24) is 20.5 Å². The Morgan fingerprint density at radius 2 is 1.96 bits per heavy atom. The Bertz CT molecular complexity index is 930. The number of amides is 2. The summed E-state index contributed by atoms with van der Waals surface area (Å²) in [7, 11) is 3.85. The lowest BCUT2D eigenvalue weighted by Gasteiger charge is -2.24. The molecule has 2 unspecified atom stereocenters. The molecule has 7 nitrogen and oxygen atoms in total. The molecular formula is C21H26N4O3. The van der Waals surface area contributed by atoms with E-state index in [2.05, 4.69) is 15.6 Å². The minimum absolute atomic E-state index is 0.0926. The first kappa shape index (κ1) is 19.7. The maximum absolute atomic E-state index is 12.9. The van der Waals surface area contributed by atoms with Crippen LogP contribution in [-0.4, -0.2) is 48.4 Å². The number of aromatic nitrogens is 1. The van der Waals surface area contributed by atoms with Gasteiger partial charge in [0.05, 0.1) is 12.3 Å². The first-order chi connectivity index (χ1) is 13.5. The fourth-order valence-corrected chi connectivity index (χ4v) is 3.31. The molecule has 3 rings (SSSR count). The SMILES string of the molecule is CC(=O)NC(Cc1c[nH]c2ccccc12)C(=O)NCC(c1ccco1)N(C)C. The summed E-state index contributed by atoms with van der Waals surface area (Å²) in [6, 6.07) is 10.9. The Labute approximate surface area is 164 Å². The molecule has 3 aromatic rings. The second-order valence-corrected chi connectivity index (χ2v) is 7.06. The molecule has 0 saturated heterocycles. The highest BCUT2D eigenvalue weighted by molar-refractivity contribution is 5.89. The Hall–Kier alpha value is -3.06. The van der Waals surface area contributed by atoms with Gasteiger partial charge in [0.25, 0.3) is 0 Å². The molecule has 1 aromatic carbocycles. The Kier molecular flexibility index (Phi) is 6.16. The van der Waals surface area contributed by atoms with E-state index in [1.54, 1.807) is 6.26 Å². The molecule has 0 aliphatic carbocycles. The summed E-state index contributed by atoms with van der Waals surface area (Å²) >= 11 is 0. The molecule has 28 heavy (non-hydrogen) atoms. The molecule has 0 radical (unpaired) electrons. The van der Waals surface area contributed by atoms with E-state index in [0.29, 0.717) is 13.0 Å². The minimum atomic E-state index is -0.656. The summed E-state index contributed by atoms with van der Waals surface area (Å²) < 4.78 is 5.48. The highest BCUT2D eigenvalue weighted by Gasteiger charge is 2.24. The van der Waals surface area contributed by atoms with Gasteiger partial charge in [0, 0.05) is 37.0 Å². The molecule has 0 spiro atoms. The van der Waals surface area contributed by atoms with Crippen molar-refractivity contribution in [2.24, 2.45) is 0 Å². The van der Waals surface area contributed by atoms with Crippen LogP contribution in [0.3, 0.4) is 0 Å². The summed E-state index contributed by atoms with van der Waals surface area (Å²) in [5.74, 6) is 0.312. The van der Waals surface area contributed by atoms with Crippen LogP contribution in [0, 0.1) is 0 Å². The second-order valence-electron chi connectivity index (χ2n) is 7.06. The molecule has 7 heteroatoms. The van der Waals surface area contributed by atoms with Gasteiger partial charge in [0.1, 0.15) is 11.8 Å². The van der Waals surface area contributed by atoms with E-state index in [1.165, 1.54) is 6.92 Å². The fourth-order valence-electron chi connectivity index (χ4n) is 3.31. The Morgan fingerprint density at radius 1 is 1.18 bits per heavy atom. The summed E-state index contributed by atoms with van der Waals surface area (Å²) in [6.45, 7) is 1.80. The third-order valence-electron chi connectivity index (χ3n) is 4.76. The zero-order chi connectivity index (χ0) is 20.1. The first-order valence-corrected chi connectivity index (χ1v) is 9.25. The molecule has 0 fully saturated rings. The van der Waals surface area contributed by atoms with Crippen LogP contribution in [0.25, 0.3) is 10.9 Å². The predicted octanol–water partition coefficient (Wildman–Crippen LogP) is 2.23. The first-order valence-electron chi connectivity index (χ1n) is 9.25. The van der Waals surface area contributed by atoms with Gasteiger partial charge < -0.3 is 20.0 Å². The average Bonchev–Trinajstić information content (AvgIpc) is 3.31.